The van der Waals surface area contributed by atoms with Gasteiger partial charge in [-0.15, -0.1) is 0 Å². The number of rotatable bonds is 5. The first-order valence-electron chi connectivity index (χ1n) is 8.03. The van der Waals surface area contributed by atoms with Crippen LogP contribution in [0.2, 0.25) is 5.02 Å². The number of benzene rings is 2. The maximum absolute atomic E-state index is 11.8. The number of ether oxygens (including phenoxy) is 1. The first kappa shape index (κ1) is 16.6. The van der Waals surface area contributed by atoms with E-state index in [9.17, 15) is 4.79 Å². The van der Waals surface area contributed by atoms with Gasteiger partial charge in [0.2, 0.25) is 0 Å². The smallest absolute Gasteiger partial charge is 0.152 e. The lowest BCUT2D eigenvalue weighted by Gasteiger charge is -2.09. The second-order valence-corrected chi connectivity index (χ2v) is 6.43. The van der Waals surface area contributed by atoms with E-state index in [0.717, 1.165) is 34.9 Å². The van der Waals surface area contributed by atoms with E-state index in [1.54, 1.807) is 13.2 Å². The van der Waals surface area contributed by atoms with Crippen LogP contribution in [0.1, 0.15) is 42.1 Å². The Bertz CT molecular complexity index is 898. The molecular weight excluding hydrogens is 322 g/mol. The largest absolute Gasteiger partial charge is 0.496 e. The Morgan fingerprint density at radius 2 is 2.04 bits per heavy atom. The first-order valence-corrected chi connectivity index (χ1v) is 8.41. The molecule has 4 heteroatoms. The van der Waals surface area contributed by atoms with Crippen molar-refractivity contribution in [1.82, 2.24) is 4.98 Å². The Kier molecular flexibility index (Phi) is 4.63. The van der Waals surface area contributed by atoms with Gasteiger partial charge in [-0.2, -0.15) is 0 Å². The molecule has 0 spiro atoms. The summed E-state index contributed by atoms with van der Waals surface area (Å²) < 4.78 is 5.44. The van der Waals surface area contributed by atoms with Gasteiger partial charge in [0.1, 0.15) is 5.75 Å². The average Bonchev–Trinajstić information content (AvgIpc) is 2.98. The Morgan fingerprint density at radius 3 is 2.71 bits per heavy atom. The van der Waals surface area contributed by atoms with Gasteiger partial charge in [0.05, 0.1) is 12.8 Å². The molecule has 0 aliphatic rings. The molecule has 3 rings (SSSR count). The molecule has 2 aromatic carbocycles. The molecule has 0 fully saturated rings. The van der Waals surface area contributed by atoms with E-state index in [2.05, 4.69) is 31.0 Å². The number of carbonyl (C=O) groups excluding carboxylic acids is 1. The van der Waals surface area contributed by atoms with Crippen LogP contribution in [-0.2, 0) is 0 Å². The number of carbonyl (C=O) groups is 1. The second kappa shape index (κ2) is 6.70. The van der Waals surface area contributed by atoms with Crippen molar-refractivity contribution in [1.29, 1.82) is 0 Å². The van der Waals surface area contributed by atoms with Crippen LogP contribution in [0.4, 0.5) is 0 Å². The van der Waals surface area contributed by atoms with Gasteiger partial charge in [-0.3, -0.25) is 4.79 Å². The first-order chi connectivity index (χ1) is 11.6. The zero-order valence-electron chi connectivity index (χ0n) is 14.0. The third-order valence-corrected chi connectivity index (χ3v) is 4.83. The Balaban J connectivity index is 2.26. The van der Waals surface area contributed by atoms with E-state index in [1.807, 2.05) is 18.2 Å². The molecule has 0 aliphatic heterocycles. The molecule has 1 unspecified atom stereocenters. The normalized spacial score (nSPS) is 12.3. The van der Waals surface area contributed by atoms with Crippen LogP contribution in [0.25, 0.3) is 22.2 Å². The summed E-state index contributed by atoms with van der Waals surface area (Å²) in [5.41, 5.74) is 4.32. The molecule has 124 valence electrons. The van der Waals surface area contributed by atoms with Gasteiger partial charge < -0.3 is 9.72 Å². The molecule has 3 aromatic rings. The predicted octanol–water partition coefficient (Wildman–Crippen LogP) is 5.82. The number of H-pyrrole nitrogens is 1. The Morgan fingerprint density at radius 1 is 1.25 bits per heavy atom. The number of aldehydes is 1. The van der Waals surface area contributed by atoms with Crippen LogP contribution >= 0.6 is 11.6 Å². The average molecular weight is 342 g/mol. The molecule has 1 heterocycles. The highest BCUT2D eigenvalue weighted by Crippen LogP contribution is 2.37. The molecule has 1 atom stereocenters. The van der Waals surface area contributed by atoms with Crippen LogP contribution in [0.3, 0.4) is 0 Å². The lowest BCUT2D eigenvalue weighted by atomic mass is 9.96. The van der Waals surface area contributed by atoms with E-state index in [0.29, 0.717) is 22.3 Å². The van der Waals surface area contributed by atoms with Gasteiger partial charge in [0.15, 0.2) is 6.29 Å². The molecule has 0 radical (unpaired) electrons. The van der Waals surface area contributed by atoms with E-state index >= 15 is 0 Å². The van der Waals surface area contributed by atoms with Crippen molar-refractivity contribution in [2.45, 2.75) is 26.2 Å². The topological polar surface area (TPSA) is 42.1 Å². The van der Waals surface area contributed by atoms with Crippen LogP contribution < -0.4 is 4.74 Å². The van der Waals surface area contributed by atoms with Crippen LogP contribution in [0, 0.1) is 0 Å². The van der Waals surface area contributed by atoms with E-state index < -0.39 is 0 Å². The fourth-order valence-electron chi connectivity index (χ4n) is 2.98. The number of nitrogens with one attached hydrogen (secondary N) is 1. The van der Waals surface area contributed by atoms with Crippen LogP contribution in [-0.4, -0.2) is 18.4 Å². The molecule has 0 saturated carbocycles. The summed E-state index contributed by atoms with van der Waals surface area (Å²) in [6, 6.07) is 11.6. The maximum atomic E-state index is 11.8. The molecule has 1 aromatic heterocycles. The van der Waals surface area contributed by atoms with Crippen molar-refractivity contribution >= 4 is 28.8 Å². The number of aromatic nitrogens is 1. The van der Waals surface area contributed by atoms with Gasteiger partial charge in [-0.25, -0.2) is 0 Å². The van der Waals surface area contributed by atoms with Crippen LogP contribution in [0.15, 0.2) is 36.4 Å². The fourth-order valence-corrected chi connectivity index (χ4v) is 3.16. The molecule has 0 saturated heterocycles. The molecule has 24 heavy (non-hydrogen) atoms. The second-order valence-electron chi connectivity index (χ2n) is 5.99. The van der Waals surface area contributed by atoms with Gasteiger partial charge in [0.25, 0.3) is 0 Å². The number of hydrogen-bond donors (Lipinski definition) is 1. The number of methoxy groups -OCH3 is 1. The number of fused-ring (bicyclic) bond motifs is 1. The minimum Gasteiger partial charge on any atom is -0.496 e. The highest BCUT2D eigenvalue weighted by Gasteiger charge is 2.17. The molecule has 1 N–H and O–H groups in total. The molecule has 0 amide bonds. The summed E-state index contributed by atoms with van der Waals surface area (Å²) in [4.78, 5) is 15.2. The molecule has 0 aliphatic carbocycles. The summed E-state index contributed by atoms with van der Waals surface area (Å²) >= 11 is 6.15. The Labute approximate surface area is 146 Å². The third kappa shape index (κ3) is 2.80. The van der Waals surface area contributed by atoms with Gasteiger partial charge in [0, 0.05) is 27.1 Å². The highest BCUT2D eigenvalue weighted by atomic mass is 35.5. The van der Waals surface area contributed by atoms with Crippen molar-refractivity contribution in [3.63, 3.8) is 0 Å². The van der Waals surface area contributed by atoms with Gasteiger partial charge >= 0.3 is 0 Å². The molecule has 0 bridgehead atoms. The summed E-state index contributed by atoms with van der Waals surface area (Å²) in [6.07, 6.45) is 1.95. The quantitative estimate of drug-likeness (QED) is 0.594. The lowest BCUT2D eigenvalue weighted by molar-refractivity contribution is 0.112. The summed E-state index contributed by atoms with van der Waals surface area (Å²) in [6.45, 7) is 4.35. The fraction of sp³-hybridized carbons (Fsp3) is 0.250. The van der Waals surface area contributed by atoms with E-state index in [-0.39, 0.29) is 0 Å². The lowest BCUT2D eigenvalue weighted by Crippen LogP contribution is -1.92. The van der Waals surface area contributed by atoms with Crippen molar-refractivity contribution in [2.24, 2.45) is 0 Å². The van der Waals surface area contributed by atoms with E-state index in [4.69, 9.17) is 16.3 Å². The third-order valence-electron chi connectivity index (χ3n) is 4.59. The molecular formula is C20H20ClNO2. The summed E-state index contributed by atoms with van der Waals surface area (Å²) in [7, 11) is 1.61. The van der Waals surface area contributed by atoms with Crippen molar-refractivity contribution < 1.29 is 9.53 Å². The number of hydrogen-bond acceptors (Lipinski definition) is 2. The number of aromatic amines is 1. The number of halogens is 1. The van der Waals surface area contributed by atoms with Crippen molar-refractivity contribution in [2.75, 3.05) is 7.11 Å². The van der Waals surface area contributed by atoms with E-state index in [1.165, 1.54) is 5.56 Å². The highest BCUT2D eigenvalue weighted by molar-refractivity contribution is 6.31. The minimum absolute atomic E-state index is 0.452. The zero-order chi connectivity index (χ0) is 17.3. The monoisotopic (exact) mass is 341 g/mol. The SMILES string of the molecule is CCC(C)c1ccc2[nH]c(-c3cc(Cl)ccc3OC)c(C=O)c2c1. The van der Waals surface area contributed by atoms with Gasteiger partial charge in [-0.05, 0) is 48.2 Å². The standard InChI is InChI=1S/C20H20ClNO2/c1-4-12(2)13-5-7-18-15(9-13)17(11-23)20(22-18)16-10-14(21)6-8-19(16)24-3/h5-12,22H,4H2,1-3H3. The minimum atomic E-state index is 0.452. The van der Waals surface area contributed by atoms with Crippen molar-refractivity contribution in [3.8, 4) is 17.0 Å². The van der Waals surface area contributed by atoms with Crippen LogP contribution in [0.5, 0.6) is 5.75 Å². The summed E-state index contributed by atoms with van der Waals surface area (Å²) in [5, 5.41) is 1.53. The maximum Gasteiger partial charge on any atom is 0.152 e. The summed E-state index contributed by atoms with van der Waals surface area (Å²) in [5.74, 6) is 1.13. The van der Waals surface area contributed by atoms with Crippen molar-refractivity contribution in [3.05, 3.63) is 52.5 Å². The zero-order valence-corrected chi connectivity index (χ0v) is 14.8. The predicted molar refractivity (Wildman–Crippen MR) is 99.4 cm³/mol. The van der Waals surface area contributed by atoms with Gasteiger partial charge in [-0.1, -0.05) is 31.5 Å². The Hall–Kier alpha value is -2.26. The molecule has 3 nitrogen and oxygen atoms in total.